The van der Waals surface area contributed by atoms with Crippen LogP contribution in [-0.2, 0) is 4.79 Å². The van der Waals surface area contributed by atoms with Gasteiger partial charge in [0.15, 0.2) is 0 Å². The van der Waals surface area contributed by atoms with E-state index in [2.05, 4.69) is 22.1 Å². The molecule has 0 saturated heterocycles. The molecule has 0 aliphatic rings. The van der Waals surface area contributed by atoms with Crippen LogP contribution in [0.25, 0.3) is 32.6 Å². The van der Waals surface area contributed by atoms with Crippen molar-refractivity contribution in [2.75, 3.05) is 0 Å². The first-order valence-corrected chi connectivity index (χ1v) is 6.70. The van der Waals surface area contributed by atoms with Crippen LogP contribution in [0.1, 0.15) is 6.92 Å². The standard InChI is InChI=1S/C17H12N2O2/c1-10(20)21-11-6-7-14-15(8-11)12-4-2-3-5-13(12)16-17(14)19-9-18-16/h2-9H,1H3,(H,18,19). The van der Waals surface area contributed by atoms with Crippen LogP contribution < -0.4 is 4.74 Å². The van der Waals surface area contributed by atoms with Crippen molar-refractivity contribution in [3.8, 4) is 5.75 Å². The third-order valence-corrected chi connectivity index (χ3v) is 3.63. The summed E-state index contributed by atoms with van der Waals surface area (Å²) in [4.78, 5) is 18.8. The van der Waals surface area contributed by atoms with Crippen LogP contribution in [0.3, 0.4) is 0 Å². The highest BCUT2D eigenvalue weighted by atomic mass is 16.5. The lowest BCUT2D eigenvalue weighted by atomic mass is 10.00. The zero-order chi connectivity index (χ0) is 14.4. The lowest BCUT2D eigenvalue weighted by Gasteiger charge is -2.08. The van der Waals surface area contributed by atoms with E-state index < -0.39 is 0 Å². The highest BCUT2D eigenvalue weighted by molar-refractivity contribution is 6.23. The lowest BCUT2D eigenvalue weighted by molar-refractivity contribution is -0.131. The fraction of sp³-hybridized carbons (Fsp3) is 0.0588. The number of hydrogen-bond donors (Lipinski definition) is 1. The number of aromatic nitrogens is 2. The van der Waals surface area contributed by atoms with E-state index in [0.29, 0.717) is 5.75 Å². The second-order valence-corrected chi connectivity index (χ2v) is 4.97. The van der Waals surface area contributed by atoms with E-state index in [1.54, 1.807) is 12.4 Å². The summed E-state index contributed by atoms with van der Waals surface area (Å²) < 4.78 is 5.20. The van der Waals surface area contributed by atoms with E-state index in [0.717, 1.165) is 32.6 Å². The molecule has 0 saturated carbocycles. The van der Waals surface area contributed by atoms with E-state index in [4.69, 9.17) is 4.74 Å². The molecule has 4 aromatic rings. The molecule has 21 heavy (non-hydrogen) atoms. The Bertz CT molecular complexity index is 1000. The number of benzene rings is 3. The molecule has 1 N–H and O–H groups in total. The number of ether oxygens (including phenoxy) is 1. The zero-order valence-electron chi connectivity index (χ0n) is 11.4. The smallest absolute Gasteiger partial charge is 0.308 e. The second kappa shape index (κ2) is 4.31. The summed E-state index contributed by atoms with van der Waals surface area (Å²) in [7, 11) is 0. The highest BCUT2D eigenvalue weighted by Crippen LogP contribution is 2.34. The maximum Gasteiger partial charge on any atom is 0.308 e. The Kier molecular flexibility index (Phi) is 2.44. The van der Waals surface area contributed by atoms with Gasteiger partial charge in [-0.25, -0.2) is 4.98 Å². The van der Waals surface area contributed by atoms with Gasteiger partial charge in [0.1, 0.15) is 5.75 Å². The molecular weight excluding hydrogens is 264 g/mol. The van der Waals surface area contributed by atoms with E-state index in [1.807, 2.05) is 24.3 Å². The first-order chi connectivity index (χ1) is 10.2. The highest BCUT2D eigenvalue weighted by Gasteiger charge is 2.11. The van der Waals surface area contributed by atoms with Crippen molar-refractivity contribution >= 4 is 38.5 Å². The van der Waals surface area contributed by atoms with Crippen LogP contribution in [0.4, 0.5) is 0 Å². The van der Waals surface area contributed by atoms with Gasteiger partial charge >= 0.3 is 5.97 Å². The monoisotopic (exact) mass is 276 g/mol. The predicted octanol–water partition coefficient (Wildman–Crippen LogP) is 3.79. The number of esters is 1. The third kappa shape index (κ3) is 1.76. The van der Waals surface area contributed by atoms with E-state index in [9.17, 15) is 4.79 Å². The van der Waals surface area contributed by atoms with Gasteiger partial charge in [-0.1, -0.05) is 24.3 Å². The number of fused-ring (bicyclic) bond motifs is 6. The topological polar surface area (TPSA) is 55.0 Å². The molecule has 102 valence electrons. The number of carbonyl (C=O) groups is 1. The van der Waals surface area contributed by atoms with Gasteiger partial charge in [-0.15, -0.1) is 0 Å². The molecule has 0 radical (unpaired) electrons. The summed E-state index contributed by atoms with van der Waals surface area (Å²) in [5.41, 5.74) is 1.96. The van der Waals surface area contributed by atoms with Gasteiger partial charge in [-0.3, -0.25) is 4.79 Å². The molecule has 4 heteroatoms. The van der Waals surface area contributed by atoms with E-state index >= 15 is 0 Å². The minimum absolute atomic E-state index is 0.318. The fourth-order valence-corrected chi connectivity index (χ4v) is 2.82. The number of aromatic amines is 1. The number of carbonyl (C=O) groups excluding carboxylic acids is 1. The van der Waals surface area contributed by atoms with Crippen LogP contribution in [0.15, 0.2) is 48.8 Å². The molecule has 0 bridgehead atoms. The van der Waals surface area contributed by atoms with Crippen molar-refractivity contribution in [2.24, 2.45) is 0 Å². The number of imidazole rings is 1. The second-order valence-electron chi connectivity index (χ2n) is 4.97. The zero-order valence-corrected chi connectivity index (χ0v) is 11.4. The summed E-state index contributed by atoms with van der Waals surface area (Å²) in [6.45, 7) is 1.40. The van der Waals surface area contributed by atoms with Gasteiger partial charge in [0.25, 0.3) is 0 Å². The van der Waals surface area contributed by atoms with Crippen LogP contribution >= 0.6 is 0 Å². The molecule has 0 spiro atoms. The molecule has 1 heterocycles. The van der Waals surface area contributed by atoms with Gasteiger partial charge in [0.05, 0.1) is 17.4 Å². The van der Waals surface area contributed by atoms with Gasteiger partial charge in [0, 0.05) is 17.7 Å². The molecule has 1 aromatic heterocycles. The number of nitrogens with one attached hydrogen (secondary N) is 1. The van der Waals surface area contributed by atoms with Crippen LogP contribution in [0, 0.1) is 0 Å². The average Bonchev–Trinajstić information content (AvgIpc) is 2.96. The lowest BCUT2D eigenvalue weighted by Crippen LogP contribution is -2.01. The summed E-state index contributed by atoms with van der Waals surface area (Å²) in [5.74, 6) is 0.236. The Balaban J connectivity index is 2.18. The van der Waals surface area contributed by atoms with Gasteiger partial charge < -0.3 is 9.72 Å². The van der Waals surface area contributed by atoms with Crippen LogP contribution in [0.5, 0.6) is 5.75 Å². The molecule has 3 aromatic carbocycles. The van der Waals surface area contributed by atoms with E-state index in [-0.39, 0.29) is 5.97 Å². The Morgan fingerprint density at radius 1 is 1.05 bits per heavy atom. The molecular formula is C17H12N2O2. The molecule has 0 atom stereocenters. The van der Waals surface area contributed by atoms with Crippen molar-refractivity contribution in [1.29, 1.82) is 0 Å². The normalized spacial score (nSPS) is 11.3. The number of rotatable bonds is 1. The SMILES string of the molecule is CC(=O)Oc1ccc2c(c1)c1ccccc1c1nc[nH]c21. The van der Waals surface area contributed by atoms with Crippen molar-refractivity contribution in [2.45, 2.75) is 6.92 Å². The number of hydrogen-bond acceptors (Lipinski definition) is 3. The maximum absolute atomic E-state index is 11.1. The van der Waals surface area contributed by atoms with Gasteiger partial charge in [-0.05, 0) is 29.0 Å². The first kappa shape index (κ1) is 11.9. The quantitative estimate of drug-likeness (QED) is 0.327. The average molecular weight is 276 g/mol. The van der Waals surface area contributed by atoms with Crippen molar-refractivity contribution in [1.82, 2.24) is 9.97 Å². The molecule has 0 aliphatic heterocycles. The van der Waals surface area contributed by atoms with Crippen molar-refractivity contribution in [3.05, 3.63) is 48.8 Å². The summed E-state index contributed by atoms with van der Waals surface area (Å²) >= 11 is 0. The largest absolute Gasteiger partial charge is 0.427 e. The summed E-state index contributed by atoms with van der Waals surface area (Å²) in [6, 6.07) is 13.8. The predicted molar refractivity (Wildman–Crippen MR) is 82.4 cm³/mol. The summed E-state index contributed by atoms with van der Waals surface area (Å²) in [5, 5.41) is 4.29. The minimum Gasteiger partial charge on any atom is -0.427 e. The van der Waals surface area contributed by atoms with Crippen molar-refractivity contribution < 1.29 is 9.53 Å². The molecule has 4 nitrogen and oxygen atoms in total. The van der Waals surface area contributed by atoms with E-state index in [1.165, 1.54) is 6.92 Å². The van der Waals surface area contributed by atoms with Crippen molar-refractivity contribution in [3.63, 3.8) is 0 Å². The maximum atomic E-state index is 11.1. The number of H-pyrrole nitrogens is 1. The Morgan fingerprint density at radius 2 is 1.86 bits per heavy atom. The Labute approximate surface area is 120 Å². The molecule has 0 fully saturated rings. The Morgan fingerprint density at radius 3 is 2.67 bits per heavy atom. The fourth-order valence-electron chi connectivity index (χ4n) is 2.82. The minimum atomic E-state index is -0.318. The first-order valence-electron chi connectivity index (χ1n) is 6.70. The number of nitrogens with zero attached hydrogens (tertiary/aromatic N) is 1. The van der Waals surface area contributed by atoms with Gasteiger partial charge in [-0.2, -0.15) is 0 Å². The molecule has 4 rings (SSSR count). The molecule has 0 amide bonds. The Hall–Kier alpha value is -2.88. The third-order valence-electron chi connectivity index (χ3n) is 3.63. The molecule has 0 aliphatic carbocycles. The summed E-state index contributed by atoms with van der Waals surface area (Å²) in [6.07, 6.45) is 1.70. The molecule has 0 unspecified atom stereocenters. The van der Waals surface area contributed by atoms with Crippen LogP contribution in [-0.4, -0.2) is 15.9 Å². The van der Waals surface area contributed by atoms with Crippen LogP contribution in [0.2, 0.25) is 0 Å². The van der Waals surface area contributed by atoms with Gasteiger partial charge in [0.2, 0.25) is 0 Å².